The number of para-hydroxylation sites is 1. The first kappa shape index (κ1) is 28.6. The second-order valence-corrected chi connectivity index (χ2v) is 12.7. The van der Waals surface area contributed by atoms with E-state index in [2.05, 4.69) is 50.2 Å². The van der Waals surface area contributed by atoms with Gasteiger partial charge in [0.2, 0.25) is 0 Å². The molecule has 43 heavy (non-hydrogen) atoms. The molecular formula is C37H34ClN3O2. The van der Waals surface area contributed by atoms with E-state index in [1.165, 1.54) is 0 Å². The van der Waals surface area contributed by atoms with Crippen molar-refractivity contribution in [1.29, 1.82) is 5.26 Å². The van der Waals surface area contributed by atoms with Gasteiger partial charge in [0.15, 0.2) is 5.78 Å². The number of hydrogen-bond acceptors (Lipinski definition) is 5. The van der Waals surface area contributed by atoms with Crippen molar-refractivity contribution in [3.05, 3.63) is 129 Å². The summed E-state index contributed by atoms with van der Waals surface area (Å²) in [5.41, 5.74) is 13.4. The summed E-state index contributed by atoms with van der Waals surface area (Å²) in [6, 6.07) is 28.2. The highest BCUT2D eigenvalue weighted by Gasteiger charge is 2.45. The van der Waals surface area contributed by atoms with Crippen LogP contribution in [-0.4, -0.2) is 5.78 Å². The van der Waals surface area contributed by atoms with Gasteiger partial charge in [-0.15, -0.1) is 0 Å². The number of rotatable bonds is 5. The van der Waals surface area contributed by atoms with Crippen LogP contribution in [0.25, 0.3) is 10.8 Å². The Kier molecular flexibility index (Phi) is 7.28. The van der Waals surface area contributed by atoms with Crippen molar-refractivity contribution in [3.63, 3.8) is 0 Å². The molecule has 1 unspecified atom stereocenters. The van der Waals surface area contributed by atoms with Crippen LogP contribution in [0.15, 0.2) is 102 Å². The number of allylic oxidation sites excluding steroid dienone is 3. The number of carbonyl (C=O) groups is 1. The van der Waals surface area contributed by atoms with E-state index in [1.54, 1.807) is 6.07 Å². The van der Waals surface area contributed by atoms with Gasteiger partial charge in [0.1, 0.15) is 18.2 Å². The third-order valence-corrected chi connectivity index (χ3v) is 8.96. The molecule has 0 saturated carbocycles. The van der Waals surface area contributed by atoms with Gasteiger partial charge in [0.25, 0.3) is 0 Å². The van der Waals surface area contributed by atoms with Crippen LogP contribution in [0.5, 0.6) is 5.75 Å². The minimum atomic E-state index is -0.575. The van der Waals surface area contributed by atoms with E-state index in [0.717, 1.165) is 44.4 Å². The maximum absolute atomic E-state index is 14.2. The third-order valence-electron chi connectivity index (χ3n) is 8.64. The highest BCUT2D eigenvalue weighted by atomic mass is 35.5. The Morgan fingerprint density at radius 2 is 1.72 bits per heavy atom. The quantitative estimate of drug-likeness (QED) is 0.253. The van der Waals surface area contributed by atoms with Crippen molar-refractivity contribution in [3.8, 4) is 11.8 Å². The lowest BCUT2D eigenvalue weighted by molar-refractivity contribution is -0.118. The molecule has 6 rings (SSSR count). The number of Topliss-reactive ketones (excluding diaryl/α,β-unsaturated/α-hetero) is 1. The molecule has 2 N–H and O–H groups in total. The highest BCUT2D eigenvalue weighted by Crippen LogP contribution is 2.51. The molecule has 0 bridgehead atoms. The number of anilines is 1. The van der Waals surface area contributed by atoms with Crippen molar-refractivity contribution in [2.75, 3.05) is 4.90 Å². The number of nitrogens with zero attached hydrogens (tertiary/aromatic N) is 2. The molecular weight excluding hydrogens is 554 g/mol. The number of aryl methyl sites for hydroxylation is 2. The van der Waals surface area contributed by atoms with Crippen molar-refractivity contribution in [2.24, 2.45) is 11.1 Å². The summed E-state index contributed by atoms with van der Waals surface area (Å²) in [4.78, 5) is 16.1. The predicted octanol–water partition coefficient (Wildman–Crippen LogP) is 8.63. The molecule has 0 aromatic heterocycles. The lowest BCUT2D eigenvalue weighted by Gasteiger charge is -2.44. The SMILES string of the molecule is Cc1cc(C)c(C2C(C#N)=C(N)N(c3cccc4ccccc34)C3=C2C(=O)CC(C)(C)C3)cc1COc1ccccc1Cl. The Labute approximate surface area is 257 Å². The number of hydrogen-bond donors (Lipinski definition) is 1. The zero-order chi connectivity index (χ0) is 30.5. The number of carbonyl (C=O) groups excluding carboxylic acids is 1. The van der Waals surface area contributed by atoms with Gasteiger partial charge in [-0.05, 0) is 71.5 Å². The van der Waals surface area contributed by atoms with Gasteiger partial charge in [-0.1, -0.05) is 86.1 Å². The van der Waals surface area contributed by atoms with Crippen LogP contribution in [0.2, 0.25) is 5.02 Å². The average Bonchev–Trinajstić information content (AvgIpc) is 2.96. The second kappa shape index (κ2) is 10.9. The van der Waals surface area contributed by atoms with Gasteiger partial charge in [0.05, 0.1) is 28.3 Å². The first-order valence-electron chi connectivity index (χ1n) is 14.5. The fourth-order valence-electron chi connectivity index (χ4n) is 6.60. The van der Waals surface area contributed by atoms with E-state index >= 15 is 0 Å². The Balaban J connectivity index is 1.54. The molecule has 0 fully saturated rings. The number of nitriles is 1. The molecule has 1 aliphatic carbocycles. The van der Waals surface area contributed by atoms with Crippen molar-refractivity contribution >= 4 is 33.8 Å². The molecule has 2 aliphatic rings. The molecule has 0 spiro atoms. The van der Waals surface area contributed by atoms with Gasteiger partial charge >= 0.3 is 0 Å². The summed E-state index contributed by atoms with van der Waals surface area (Å²) in [7, 11) is 0. The standard InChI is InChI=1S/C37H34ClN3O2/c1-22-16-23(2)27(17-25(22)21-43-33-15-8-7-13-29(33)38)34-28(20-39)36(40)41(31-18-37(3,4)19-32(42)35(31)34)30-14-9-11-24-10-5-6-12-26(24)30/h5-17,34H,18-19,21,40H2,1-4H3. The van der Waals surface area contributed by atoms with Gasteiger partial charge in [0, 0.05) is 23.1 Å². The molecule has 216 valence electrons. The average molecular weight is 588 g/mol. The summed E-state index contributed by atoms with van der Waals surface area (Å²) < 4.78 is 6.11. The number of benzene rings is 4. The molecule has 1 heterocycles. The van der Waals surface area contributed by atoms with Gasteiger partial charge in [-0.3, -0.25) is 9.69 Å². The van der Waals surface area contributed by atoms with E-state index < -0.39 is 5.92 Å². The van der Waals surface area contributed by atoms with Gasteiger partial charge < -0.3 is 10.5 Å². The lowest BCUT2D eigenvalue weighted by atomic mass is 9.68. The summed E-state index contributed by atoms with van der Waals surface area (Å²) >= 11 is 6.35. The number of halogens is 1. The Morgan fingerprint density at radius 3 is 2.49 bits per heavy atom. The smallest absolute Gasteiger partial charge is 0.162 e. The second-order valence-electron chi connectivity index (χ2n) is 12.3. The molecule has 0 radical (unpaired) electrons. The van der Waals surface area contributed by atoms with E-state index in [-0.39, 0.29) is 11.2 Å². The number of fused-ring (bicyclic) bond motifs is 1. The Bertz CT molecular complexity index is 1890. The van der Waals surface area contributed by atoms with E-state index in [4.69, 9.17) is 22.1 Å². The summed E-state index contributed by atoms with van der Waals surface area (Å²) in [5, 5.41) is 13.3. The van der Waals surface area contributed by atoms with E-state index in [9.17, 15) is 10.1 Å². The van der Waals surface area contributed by atoms with Crippen molar-refractivity contribution in [1.82, 2.24) is 0 Å². The van der Waals surface area contributed by atoms with E-state index in [0.29, 0.717) is 47.2 Å². The summed E-state index contributed by atoms with van der Waals surface area (Å²) in [6.07, 6.45) is 1.05. The Morgan fingerprint density at radius 1 is 1.00 bits per heavy atom. The molecule has 6 heteroatoms. The van der Waals surface area contributed by atoms with Gasteiger partial charge in [-0.25, -0.2) is 0 Å². The third kappa shape index (κ3) is 5.07. The number of ketones is 1. The normalized spacial score (nSPS) is 18.1. The largest absolute Gasteiger partial charge is 0.487 e. The molecule has 4 aromatic carbocycles. The zero-order valence-electron chi connectivity index (χ0n) is 24.9. The minimum Gasteiger partial charge on any atom is -0.487 e. The van der Waals surface area contributed by atoms with Crippen LogP contribution in [0.1, 0.15) is 54.9 Å². The molecule has 1 atom stereocenters. The van der Waals surface area contributed by atoms with Crippen LogP contribution >= 0.6 is 11.6 Å². The van der Waals surface area contributed by atoms with Crippen LogP contribution in [-0.2, 0) is 11.4 Å². The Hall–Kier alpha value is -4.53. The van der Waals surface area contributed by atoms with E-state index in [1.807, 2.05) is 61.2 Å². The van der Waals surface area contributed by atoms with Crippen LogP contribution in [0.3, 0.4) is 0 Å². The predicted molar refractivity (Wildman–Crippen MR) is 173 cm³/mol. The fraction of sp³-hybridized carbons (Fsp3) is 0.243. The molecule has 4 aromatic rings. The number of ether oxygens (including phenoxy) is 1. The topological polar surface area (TPSA) is 79.4 Å². The van der Waals surface area contributed by atoms with Crippen LogP contribution in [0.4, 0.5) is 5.69 Å². The van der Waals surface area contributed by atoms with Crippen molar-refractivity contribution in [2.45, 2.75) is 53.1 Å². The molecule has 1 aliphatic heterocycles. The maximum Gasteiger partial charge on any atom is 0.162 e. The molecule has 0 amide bonds. The first-order chi connectivity index (χ1) is 20.6. The molecule has 5 nitrogen and oxygen atoms in total. The maximum atomic E-state index is 14.2. The minimum absolute atomic E-state index is 0.0515. The van der Waals surface area contributed by atoms with Crippen molar-refractivity contribution < 1.29 is 9.53 Å². The summed E-state index contributed by atoms with van der Waals surface area (Å²) in [5.74, 6) is 0.442. The highest BCUT2D eigenvalue weighted by molar-refractivity contribution is 6.32. The molecule has 0 saturated heterocycles. The lowest BCUT2D eigenvalue weighted by Crippen LogP contribution is -2.42. The fourth-order valence-corrected chi connectivity index (χ4v) is 6.79. The first-order valence-corrected chi connectivity index (χ1v) is 14.9. The summed E-state index contributed by atoms with van der Waals surface area (Å²) in [6.45, 7) is 8.60. The zero-order valence-corrected chi connectivity index (χ0v) is 25.6. The van der Waals surface area contributed by atoms with Gasteiger partial charge in [-0.2, -0.15) is 5.26 Å². The van der Waals surface area contributed by atoms with Crippen LogP contribution in [0, 0.1) is 30.6 Å². The number of nitrogens with two attached hydrogens (primary N) is 1. The monoisotopic (exact) mass is 587 g/mol. The van der Waals surface area contributed by atoms with Crippen LogP contribution < -0.4 is 15.4 Å².